The van der Waals surface area contributed by atoms with Crippen LogP contribution in [-0.4, -0.2) is 20.0 Å². The molecule has 8 heteroatoms. The van der Waals surface area contributed by atoms with E-state index in [0.717, 1.165) is 22.3 Å². The quantitative estimate of drug-likeness (QED) is 0.569. The number of nitrogens with one attached hydrogen (secondary N) is 1. The summed E-state index contributed by atoms with van der Waals surface area (Å²) < 4.78 is 3.03. The van der Waals surface area contributed by atoms with Crippen molar-refractivity contribution in [2.45, 2.75) is 20.4 Å². The molecule has 0 unspecified atom stereocenters. The first-order chi connectivity index (χ1) is 12.9. The number of hydrogen-bond acceptors (Lipinski definition) is 5. The van der Waals surface area contributed by atoms with E-state index < -0.39 is 0 Å². The van der Waals surface area contributed by atoms with Crippen LogP contribution in [-0.2, 0) is 18.4 Å². The van der Waals surface area contributed by atoms with Crippen molar-refractivity contribution in [1.29, 1.82) is 0 Å². The molecule has 0 aliphatic carbocycles. The summed E-state index contributed by atoms with van der Waals surface area (Å²) in [4.78, 5) is 31.9. The number of thiophene rings is 1. The fraction of sp³-hybridized carbons (Fsp3) is 0.211. The molecule has 0 fully saturated rings. The minimum absolute atomic E-state index is 0.0499. The van der Waals surface area contributed by atoms with Crippen molar-refractivity contribution >= 4 is 44.7 Å². The van der Waals surface area contributed by atoms with Crippen LogP contribution in [0.5, 0.6) is 0 Å². The number of imidazole rings is 1. The molecular weight excluding hydrogens is 380 g/mol. The molecule has 1 N–H and O–H groups in total. The van der Waals surface area contributed by atoms with E-state index in [-0.39, 0.29) is 18.1 Å². The van der Waals surface area contributed by atoms with E-state index in [1.54, 1.807) is 23.0 Å². The largest absolute Gasteiger partial charge is 0.329 e. The zero-order valence-electron chi connectivity index (χ0n) is 15.1. The molecule has 0 aliphatic heterocycles. The van der Waals surface area contributed by atoms with Crippen LogP contribution >= 0.6 is 22.7 Å². The van der Waals surface area contributed by atoms with Crippen molar-refractivity contribution in [3.8, 4) is 11.3 Å². The van der Waals surface area contributed by atoms with Gasteiger partial charge in [-0.25, -0.2) is 9.78 Å². The summed E-state index contributed by atoms with van der Waals surface area (Å²) in [5.41, 5.74) is 3.29. The number of para-hydroxylation sites is 2. The molecule has 0 bridgehead atoms. The number of rotatable bonds is 4. The Labute approximate surface area is 163 Å². The first-order valence-electron chi connectivity index (χ1n) is 8.41. The summed E-state index contributed by atoms with van der Waals surface area (Å²) >= 11 is 3.11. The number of nitrogens with zero attached hydrogens (tertiary/aromatic N) is 3. The average Bonchev–Trinajstić information content (AvgIpc) is 3.29. The third-order valence-electron chi connectivity index (χ3n) is 4.42. The second-order valence-electron chi connectivity index (χ2n) is 6.33. The van der Waals surface area contributed by atoms with Gasteiger partial charge in [-0.15, -0.1) is 22.7 Å². The molecular formula is C19H18N4O2S2. The van der Waals surface area contributed by atoms with Crippen LogP contribution in [0.1, 0.15) is 9.75 Å². The van der Waals surface area contributed by atoms with Crippen molar-refractivity contribution in [2.75, 3.05) is 5.32 Å². The normalized spacial score (nSPS) is 11.2. The van der Waals surface area contributed by atoms with Crippen LogP contribution < -0.4 is 11.0 Å². The van der Waals surface area contributed by atoms with Gasteiger partial charge in [-0.1, -0.05) is 12.1 Å². The number of amides is 1. The lowest BCUT2D eigenvalue weighted by molar-refractivity contribution is -0.116. The molecule has 0 aliphatic rings. The van der Waals surface area contributed by atoms with E-state index in [1.807, 2.05) is 29.6 Å². The number of hydrogen-bond donors (Lipinski definition) is 1. The van der Waals surface area contributed by atoms with Gasteiger partial charge >= 0.3 is 5.69 Å². The van der Waals surface area contributed by atoms with Crippen molar-refractivity contribution in [3.05, 3.63) is 56.0 Å². The highest BCUT2D eigenvalue weighted by Crippen LogP contribution is 2.32. The van der Waals surface area contributed by atoms with Crippen LogP contribution in [0.15, 0.2) is 40.5 Å². The fourth-order valence-electron chi connectivity index (χ4n) is 3.16. The second-order valence-corrected chi connectivity index (χ2v) is 8.65. The van der Waals surface area contributed by atoms with Crippen LogP contribution in [0.4, 0.5) is 5.13 Å². The van der Waals surface area contributed by atoms with Crippen molar-refractivity contribution in [3.63, 3.8) is 0 Å². The van der Waals surface area contributed by atoms with Gasteiger partial charge in [-0.05, 0) is 32.0 Å². The summed E-state index contributed by atoms with van der Waals surface area (Å²) in [5, 5.41) is 5.28. The molecule has 138 valence electrons. The number of thiazole rings is 1. The number of fused-ring (bicyclic) bond motifs is 1. The third-order valence-corrected chi connectivity index (χ3v) is 6.14. The summed E-state index contributed by atoms with van der Waals surface area (Å²) in [6.07, 6.45) is 0. The molecule has 0 atom stereocenters. The Balaban J connectivity index is 1.55. The Morgan fingerprint density at radius 1 is 1.22 bits per heavy atom. The van der Waals surface area contributed by atoms with E-state index in [2.05, 4.69) is 30.2 Å². The highest BCUT2D eigenvalue weighted by Gasteiger charge is 2.15. The molecule has 3 aromatic heterocycles. The topological polar surface area (TPSA) is 68.9 Å². The molecule has 1 amide bonds. The maximum absolute atomic E-state index is 12.5. The Kier molecular flexibility index (Phi) is 4.45. The molecule has 4 rings (SSSR count). The van der Waals surface area contributed by atoms with Gasteiger partial charge in [0.2, 0.25) is 5.91 Å². The fourth-order valence-corrected chi connectivity index (χ4v) is 4.82. The lowest BCUT2D eigenvalue weighted by atomic mass is 10.2. The zero-order valence-corrected chi connectivity index (χ0v) is 16.8. The number of carbonyl (C=O) groups excluding carboxylic acids is 1. The molecule has 0 radical (unpaired) electrons. The summed E-state index contributed by atoms with van der Waals surface area (Å²) in [7, 11) is 1.71. The zero-order chi connectivity index (χ0) is 19.1. The maximum atomic E-state index is 12.5. The van der Waals surface area contributed by atoms with Crippen molar-refractivity contribution in [1.82, 2.24) is 14.1 Å². The molecule has 0 saturated heterocycles. The molecule has 6 nitrogen and oxygen atoms in total. The van der Waals surface area contributed by atoms with Crippen LogP contribution in [0.3, 0.4) is 0 Å². The Hall–Kier alpha value is -2.71. The Morgan fingerprint density at radius 3 is 2.67 bits per heavy atom. The predicted molar refractivity (Wildman–Crippen MR) is 111 cm³/mol. The predicted octanol–water partition coefficient (Wildman–Crippen LogP) is 3.78. The molecule has 0 spiro atoms. The van der Waals surface area contributed by atoms with E-state index in [0.29, 0.717) is 5.13 Å². The Morgan fingerprint density at radius 2 is 1.96 bits per heavy atom. The van der Waals surface area contributed by atoms with Crippen molar-refractivity contribution < 1.29 is 4.79 Å². The number of aromatic nitrogens is 3. The first-order valence-corrected chi connectivity index (χ1v) is 10.1. The van der Waals surface area contributed by atoms with Gasteiger partial charge in [0.25, 0.3) is 0 Å². The van der Waals surface area contributed by atoms with Crippen molar-refractivity contribution in [2.24, 2.45) is 7.05 Å². The van der Waals surface area contributed by atoms with Crippen LogP contribution in [0, 0.1) is 13.8 Å². The lowest BCUT2D eigenvalue weighted by Crippen LogP contribution is -2.28. The van der Waals surface area contributed by atoms with Gasteiger partial charge in [0.1, 0.15) is 6.54 Å². The SMILES string of the molecule is Cc1cc(-c2csc(NC(=O)Cn3c(=O)n(C)c4ccccc43)n2)c(C)s1. The van der Waals surface area contributed by atoms with E-state index in [4.69, 9.17) is 0 Å². The van der Waals surface area contributed by atoms with E-state index in [9.17, 15) is 9.59 Å². The van der Waals surface area contributed by atoms with Crippen LogP contribution in [0.25, 0.3) is 22.3 Å². The number of anilines is 1. The highest BCUT2D eigenvalue weighted by atomic mass is 32.1. The monoisotopic (exact) mass is 398 g/mol. The number of carbonyl (C=O) groups is 1. The molecule has 0 saturated carbocycles. The Bertz CT molecular complexity index is 1210. The highest BCUT2D eigenvalue weighted by molar-refractivity contribution is 7.14. The smallest absolute Gasteiger partial charge is 0.300 e. The molecule has 4 aromatic rings. The number of benzene rings is 1. The first kappa shape index (κ1) is 17.7. The molecule has 1 aromatic carbocycles. The molecule has 27 heavy (non-hydrogen) atoms. The van der Waals surface area contributed by atoms with Crippen LogP contribution in [0.2, 0.25) is 0 Å². The standard InChI is InChI=1S/C19H18N4O2S2/c1-11-8-13(12(2)27-11)14-10-26-18(20-14)21-17(24)9-23-16-7-5-4-6-15(16)22(3)19(23)25/h4-8,10H,9H2,1-3H3,(H,20,21,24). The van der Waals surface area contributed by atoms with Gasteiger partial charge < -0.3 is 5.32 Å². The minimum atomic E-state index is -0.271. The minimum Gasteiger partial charge on any atom is -0.300 e. The second kappa shape index (κ2) is 6.79. The summed E-state index contributed by atoms with van der Waals surface area (Å²) in [5.74, 6) is -0.271. The lowest BCUT2D eigenvalue weighted by Gasteiger charge is -2.03. The summed E-state index contributed by atoms with van der Waals surface area (Å²) in [6, 6.07) is 9.54. The average molecular weight is 399 g/mol. The van der Waals surface area contributed by atoms with Gasteiger partial charge in [-0.3, -0.25) is 13.9 Å². The maximum Gasteiger partial charge on any atom is 0.329 e. The van der Waals surface area contributed by atoms with E-state index >= 15 is 0 Å². The van der Waals surface area contributed by atoms with Gasteiger partial charge in [-0.2, -0.15) is 0 Å². The summed E-state index contributed by atoms with van der Waals surface area (Å²) in [6.45, 7) is 4.08. The van der Waals surface area contributed by atoms with Gasteiger partial charge in [0.15, 0.2) is 5.13 Å². The van der Waals surface area contributed by atoms with E-state index in [1.165, 1.54) is 25.7 Å². The third kappa shape index (κ3) is 3.22. The van der Waals surface area contributed by atoms with Gasteiger partial charge in [0, 0.05) is 27.7 Å². The molecule has 3 heterocycles. The van der Waals surface area contributed by atoms with Gasteiger partial charge in [0.05, 0.1) is 16.7 Å². The number of aryl methyl sites for hydroxylation is 3.